The van der Waals surface area contributed by atoms with Crippen molar-refractivity contribution < 1.29 is 19.1 Å². The van der Waals surface area contributed by atoms with Gasteiger partial charge in [-0.15, -0.1) is 0 Å². The number of benzene rings is 1. The van der Waals surface area contributed by atoms with Crippen LogP contribution in [0.15, 0.2) is 24.3 Å². The SMILES string of the molecule is CC(C)(C)OC(=O)N(Cc1ccc(Cl)cc1)C(=O)OC(C)(C)C. The molecule has 0 aromatic heterocycles. The average Bonchev–Trinajstić information content (AvgIpc) is 2.33. The first-order valence-electron chi connectivity index (χ1n) is 7.35. The zero-order valence-electron chi connectivity index (χ0n) is 14.5. The number of carbonyl (C=O) groups excluding carboxylic acids is 2. The smallest absolute Gasteiger partial charge is 0.420 e. The molecule has 5 nitrogen and oxygen atoms in total. The summed E-state index contributed by atoms with van der Waals surface area (Å²) in [6.45, 7) is 10.5. The average molecular weight is 342 g/mol. The van der Waals surface area contributed by atoms with Crippen molar-refractivity contribution in [2.24, 2.45) is 0 Å². The molecule has 0 atom stereocenters. The van der Waals surface area contributed by atoms with Gasteiger partial charge in [-0.25, -0.2) is 14.5 Å². The number of rotatable bonds is 2. The van der Waals surface area contributed by atoms with Crippen LogP contribution in [0.3, 0.4) is 0 Å². The van der Waals surface area contributed by atoms with Crippen LogP contribution in [0.25, 0.3) is 0 Å². The molecule has 1 aromatic carbocycles. The lowest BCUT2D eigenvalue weighted by molar-refractivity contribution is -0.000242. The minimum atomic E-state index is -0.748. The van der Waals surface area contributed by atoms with E-state index in [9.17, 15) is 9.59 Å². The van der Waals surface area contributed by atoms with Crippen LogP contribution in [0.5, 0.6) is 0 Å². The molecule has 0 unspecified atom stereocenters. The lowest BCUT2D eigenvalue weighted by Gasteiger charge is -2.28. The van der Waals surface area contributed by atoms with Gasteiger partial charge in [-0.3, -0.25) is 0 Å². The second-order valence-electron chi connectivity index (χ2n) is 7.17. The number of carbonyl (C=O) groups is 2. The Morgan fingerprint density at radius 1 is 0.913 bits per heavy atom. The number of halogens is 1. The normalized spacial score (nSPS) is 11.8. The first kappa shape index (κ1) is 19.3. The molecule has 0 radical (unpaired) electrons. The number of amides is 2. The van der Waals surface area contributed by atoms with Gasteiger partial charge >= 0.3 is 12.2 Å². The third kappa shape index (κ3) is 7.37. The van der Waals surface area contributed by atoms with Crippen molar-refractivity contribution in [1.29, 1.82) is 0 Å². The van der Waals surface area contributed by atoms with Crippen molar-refractivity contribution in [3.63, 3.8) is 0 Å². The molecule has 1 rings (SSSR count). The third-order valence-electron chi connectivity index (χ3n) is 2.48. The van der Waals surface area contributed by atoms with Crippen molar-refractivity contribution in [2.75, 3.05) is 0 Å². The van der Waals surface area contributed by atoms with Gasteiger partial charge in [0.25, 0.3) is 0 Å². The van der Waals surface area contributed by atoms with E-state index in [1.807, 2.05) is 0 Å². The van der Waals surface area contributed by atoms with Gasteiger partial charge in [0, 0.05) is 5.02 Å². The quantitative estimate of drug-likeness (QED) is 0.758. The maximum atomic E-state index is 12.3. The van der Waals surface area contributed by atoms with Crippen LogP contribution >= 0.6 is 11.6 Å². The molecule has 0 aliphatic carbocycles. The molecule has 2 amide bonds. The third-order valence-corrected chi connectivity index (χ3v) is 2.73. The Bertz CT molecular complexity index is 527. The molecular formula is C17H24ClNO4. The Balaban J connectivity index is 2.98. The number of nitrogens with zero attached hydrogens (tertiary/aromatic N) is 1. The summed E-state index contributed by atoms with van der Waals surface area (Å²) in [5.74, 6) is 0. The van der Waals surface area contributed by atoms with Crippen LogP contribution in [0.2, 0.25) is 5.02 Å². The molecule has 23 heavy (non-hydrogen) atoms. The monoisotopic (exact) mass is 341 g/mol. The van der Waals surface area contributed by atoms with Crippen LogP contribution in [-0.4, -0.2) is 28.3 Å². The van der Waals surface area contributed by atoms with Crippen LogP contribution in [0, 0.1) is 0 Å². The minimum absolute atomic E-state index is 0.0427. The van der Waals surface area contributed by atoms with Gasteiger partial charge in [-0.2, -0.15) is 0 Å². The van der Waals surface area contributed by atoms with E-state index in [0.717, 1.165) is 10.5 Å². The zero-order chi connectivity index (χ0) is 17.8. The standard InChI is InChI=1S/C17H24ClNO4/c1-16(2,3)22-14(20)19(15(21)23-17(4,5)6)11-12-7-9-13(18)10-8-12/h7-10H,11H2,1-6H3. The van der Waals surface area contributed by atoms with E-state index in [4.69, 9.17) is 21.1 Å². The zero-order valence-corrected chi connectivity index (χ0v) is 15.2. The van der Waals surface area contributed by atoms with Crippen molar-refractivity contribution >= 4 is 23.8 Å². The Labute approximate surface area is 142 Å². The summed E-state index contributed by atoms with van der Waals surface area (Å²) in [6.07, 6.45) is -1.50. The highest BCUT2D eigenvalue weighted by molar-refractivity contribution is 6.30. The first-order valence-corrected chi connectivity index (χ1v) is 7.73. The van der Waals surface area contributed by atoms with E-state index < -0.39 is 23.4 Å². The van der Waals surface area contributed by atoms with Gasteiger partial charge in [0.1, 0.15) is 11.2 Å². The van der Waals surface area contributed by atoms with E-state index in [-0.39, 0.29) is 6.54 Å². The molecule has 0 bridgehead atoms. The fourth-order valence-electron chi connectivity index (χ4n) is 1.61. The summed E-state index contributed by atoms with van der Waals surface area (Å²) in [5.41, 5.74) is -0.680. The van der Waals surface area contributed by atoms with Gasteiger partial charge in [0.15, 0.2) is 0 Å². The van der Waals surface area contributed by atoms with Crippen molar-refractivity contribution in [2.45, 2.75) is 59.3 Å². The van der Waals surface area contributed by atoms with E-state index in [1.165, 1.54) is 0 Å². The highest BCUT2D eigenvalue weighted by atomic mass is 35.5. The highest BCUT2D eigenvalue weighted by Gasteiger charge is 2.31. The molecule has 0 spiro atoms. The maximum Gasteiger partial charge on any atom is 0.420 e. The fraction of sp³-hybridized carbons (Fsp3) is 0.529. The number of hydrogen-bond acceptors (Lipinski definition) is 4. The largest absolute Gasteiger partial charge is 0.443 e. The van der Waals surface area contributed by atoms with Gasteiger partial charge in [0.05, 0.1) is 6.54 Å². The Hall–Kier alpha value is -1.75. The van der Waals surface area contributed by atoms with Crippen LogP contribution < -0.4 is 0 Å². The van der Waals surface area contributed by atoms with Crippen LogP contribution in [0.1, 0.15) is 47.1 Å². The lowest BCUT2D eigenvalue weighted by Crippen LogP contribution is -2.43. The molecular weight excluding hydrogens is 318 g/mol. The molecule has 128 valence electrons. The Kier molecular flexibility index (Phi) is 6.05. The maximum absolute atomic E-state index is 12.3. The summed E-state index contributed by atoms with van der Waals surface area (Å²) in [5, 5.41) is 0.579. The van der Waals surface area contributed by atoms with Gasteiger partial charge in [-0.05, 0) is 59.2 Å². The van der Waals surface area contributed by atoms with Crippen molar-refractivity contribution in [3.05, 3.63) is 34.9 Å². The molecule has 0 saturated heterocycles. The van der Waals surface area contributed by atoms with Gasteiger partial charge in [0.2, 0.25) is 0 Å². The summed E-state index contributed by atoms with van der Waals surface area (Å²) in [4.78, 5) is 25.6. The van der Waals surface area contributed by atoms with E-state index in [2.05, 4.69) is 0 Å². The summed E-state index contributed by atoms with van der Waals surface area (Å²) >= 11 is 5.85. The van der Waals surface area contributed by atoms with Crippen LogP contribution in [-0.2, 0) is 16.0 Å². The summed E-state index contributed by atoms with van der Waals surface area (Å²) < 4.78 is 10.6. The van der Waals surface area contributed by atoms with Crippen LogP contribution in [0.4, 0.5) is 9.59 Å². The topological polar surface area (TPSA) is 55.8 Å². The number of ether oxygens (including phenoxy) is 2. The van der Waals surface area contributed by atoms with Crippen molar-refractivity contribution in [1.82, 2.24) is 4.90 Å². The lowest BCUT2D eigenvalue weighted by atomic mass is 10.2. The van der Waals surface area contributed by atoms with E-state index in [1.54, 1.807) is 65.8 Å². The molecule has 0 aliphatic heterocycles. The number of imide groups is 1. The Morgan fingerprint density at radius 2 is 1.30 bits per heavy atom. The molecule has 0 aliphatic rings. The molecule has 0 N–H and O–H groups in total. The van der Waals surface area contributed by atoms with E-state index >= 15 is 0 Å². The van der Waals surface area contributed by atoms with Gasteiger partial charge < -0.3 is 9.47 Å². The second-order valence-corrected chi connectivity index (χ2v) is 7.61. The highest BCUT2D eigenvalue weighted by Crippen LogP contribution is 2.18. The predicted octanol–water partition coefficient (Wildman–Crippen LogP) is 5.01. The molecule has 0 heterocycles. The van der Waals surface area contributed by atoms with E-state index in [0.29, 0.717) is 5.02 Å². The molecule has 0 fully saturated rings. The number of hydrogen-bond donors (Lipinski definition) is 0. The second kappa shape index (κ2) is 7.21. The fourth-order valence-corrected chi connectivity index (χ4v) is 1.74. The minimum Gasteiger partial charge on any atom is -0.443 e. The summed E-state index contributed by atoms with van der Waals surface area (Å²) in [7, 11) is 0. The Morgan fingerprint density at radius 3 is 1.65 bits per heavy atom. The molecule has 6 heteroatoms. The summed E-state index contributed by atoms with van der Waals surface area (Å²) in [6, 6.07) is 6.87. The predicted molar refractivity (Wildman–Crippen MR) is 89.5 cm³/mol. The first-order chi connectivity index (χ1) is 10.4. The molecule has 0 saturated carbocycles. The van der Waals surface area contributed by atoms with Gasteiger partial charge in [-0.1, -0.05) is 23.7 Å². The molecule has 1 aromatic rings. The van der Waals surface area contributed by atoms with Crippen molar-refractivity contribution in [3.8, 4) is 0 Å².